The Morgan fingerprint density at radius 1 is 0.750 bits per heavy atom. The zero-order chi connectivity index (χ0) is 17.2. The number of hydrogen-bond donors (Lipinski definition) is 2. The van der Waals surface area contributed by atoms with Gasteiger partial charge in [-0.1, -0.05) is 30.3 Å². The topological polar surface area (TPSA) is 41.1 Å². The van der Waals surface area contributed by atoms with E-state index in [1.807, 2.05) is 36.4 Å². The summed E-state index contributed by atoms with van der Waals surface area (Å²) < 4.78 is 37.5. The van der Waals surface area contributed by atoms with Gasteiger partial charge in [0.2, 0.25) is 0 Å². The Hall–Kier alpha value is -3.02. The summed E-state index contributed by atoms with van der Waals surface area (Å²) in [6, 6.07) is 16.9. The molecule has 3 aromatic rings. The molecule has 0 saturated heterocycles. The van der Waals surface area contributed by atoms with Crippen LogP contribution in [0.2, 0.25) is 0 Å². The molecular weight excluding hydrogens is 317 g/mol. The van der Waals surface area contributed by atoms with Crippen molar-refractivity contribution in [3.63, 3.8) is 0 Å². The van der Waals surface area contributed by atoms with Crippen LogP contribution in [0.4, 0.5) is 29.3 Å². The number of hydrogen-bond acceptors (Lipinski definition) is 1. The van der Waals surface area contributed by atoms with E-state index in [1.165, 1.54) is 12.1 Å². The lowest BCUT2D eigenvalue weighted by molar-refractivity contribution is -0.137. The summed E-state index contributed by atoms with van der Waals surface area (Å²) in [6.45, 7) is 0. The van der Waals surface area contributed by atoms with Crippen LogP contribution >= 0.6 is 0 Å². The summed E-state index contributed by atoms with van der Waals surface area (Å²) >= 11 is 0. The van der Waals surface area contributed by atoms with Crippen molar-refractivity contribution < 1.29 is 18.0 Å². The lowest BCUT2D eigenvalue weighted by Gasteiger charge is -2.10. The summed E-state index contributed by atoms with van der Waals surface area (Å²) in [4.78, 5) is 12.0. The van der Waals surface area contributed by atoms with E-state index in [1.54, 1.807) is 6.07 Å². The van der Waals surface area contributed by atoms with Crippen molar-refractivity contribution in [1.29, 1.82) is 0 Å². The smallest absolute Gasteiger partial charge is 0.308 e. The second-order valence-corrected chi connectivity index (χ2v) is 5.22. The molecule has 3 nitrogen and oxygen atoms in total. The Labute approximate surface area is 136 Å². The molecule has 0 aliphatic heterocycles. The SMILES string of the molecule is O=C(Nc1ccc(C(F)(F)F)cc1)Nc1ccc2ccccc2c1. The van der Waals surface area contributed by atoms with Crippen molar-refractivity contribution >= 4 is 28.2 Å². The van der Waals surface area contributed by atoms with Crippen molar-refractivity contribution in [3.05, 3.63) is 72.3 Å². The van der Waals surface area contributed by atoms with Crippen LogP contribution in [0.15, 0.2) is 66.7 Å². The number of rotatable bonds is 2. The molecule has 3 aromatic carbocycles. The van der Waals surface area contributed by atoms with Gasteiger partial charge in [-0.3, -0.25) is 0 Å². The molecule has 0 spiro atoms. The molecule has 0 aliphatic rings. The highest BCUT2D eigenvalue weighted by Crippen LogP contribution is 2.29. The number of anilines is 2. The quantitative estimate of drug-likeness (QED) is 0.640. The molecule has 2 N–H and O–H groups in total. The molecule has 2 amide bonds. The van der Waals surface area contributed by atoms with Gasteiger partial charge in [0.15, 0.2) is 0 Å². The second kappa shape index (κ2) is 6.23. The maximum Gasteiger partial charge on any atom is 0.416 e. The molecule has 0 fully saturated rings. The number of carbonyl (C=O) groups excluding carboxylic acids is 1. The molecule has 122 valence electrons. The Kier molecular flexibility index (Phi) is 4.12. The standard InChI is InChI=1S/C18H13F3N2O/c19-18(20,21)14-6-9-15(10-7-14)22-17(24)23-16-8-5-12-3-1-2-4-13(12)11-16/h1-11H,(H2,22,23,24). The summed E-state index contributed by atoms with van der Waals surface area (Å²) in [5.41, 5.74) is 0.113. The first kappa shape index (κ1) is 15.9. The maximum absolute atomic E-state index is 12.5. The zero-order valence-corrected chi connectivity index (χ0v) is 12.4. The largest absolute Gasteiger partial charge is 0.416 e. The van der Waals surface area contributed by atoms with E-state index in [0.717, 1.165) is 22.9 Å². The maximum atomic E-state index is 12.5. The average molecular weight is 330 g/mol. The Morgan fingerprint density at radius 2 is 1.33 bits per heavy atom. The molecule has 3 rings (SSSR count). The molecular formula is C18H13F3N2O. The predicted octanol–water partition coefficient (Wildman–Crippen LogP) is 5.50. The van der Waals surface area contributed by atoms with E-state index >= 15 is 0 Å². The number of urea groups is 1. The molecule has 6 heteroatoms. The van der Waals surface area contributed by atoms with E-state index in [2.05, 4.69) is 10.6 Å². The van der Waals surface area contributed by atoms with Gasteiger partial charge >= 0.3 is 12.2 Å². The van der Waals surface area contributed by atoms with E-state index < -0.39 is 17.8 Å². The zero-order valence-electron chi connectivity index (χ0n) is 12.4. The van der Waals surface area contributed by atoms with Crippen LogP contribution in [-0.2, 0) is 6.18 Å². The van der Waals surface area contributed by atoms with Crippen molar-refractivity contribution in [2.24, 2.45) is 0 Å². The van der Waals surface area contributed by atoms with Crippen LogP contribution in [0.25, 0.3) is 10.8 Å². The van der Waals surface area contributed by atoms with Crippen LogP contribution < -0.4 is 10.6 Å². The number of fused-ring (bicyclic) bond motifs is 1. The number of amides is 2. The van der Waals surface area contributed by atoms with Crippen molar-refractivity contribution in [1.82, 2.24) is 0 Å². The number of nitrogens with one attached hydrogen (secondary N) is 2. The van der Waals surface area contributed by atoms with Gasteiger partial charge in [-0.2, -0.15) is 13.2 Å². The predicted molar refractivity (Wildman–Crippen MR) is 88.0 cm³/mol. The Morgan fingerprint density at radius 3 is 2.00 bits per heavy atom. The van der Waals surface area contributed by atoms with Gasteiger partial charge in [0.1, 0.15) is 0 Å². The minimum Gasteiger partial charge on any atom is -0.308 e. The Bertz CT molecular complexity index is 873. The highest BCUT2D eigenvalue weighted by molar-refractivity contribution is 6.01. The van der Waals surface area contributed by atoms with E-state index in [4.69, 9.17) is 0 Å². The average Bonchev–Trinajstić information content (AvgIpc) is 2.54. The van der Waals surface area contributed by atoms with Gasteiger partial charge in [0, 0.05) is 11.4 Å². The normalized spacial score (nSPS) is 11.3. The first-order chi connectivity index (χ1) is 11.4. The molecule has 0 bridgehead atoms. The fraction of sp³-hybridized carbons (Fsp3) is 0.0556. The van der Waals surface area contributed by atoms with Crippen LogP contribution in [0, 0.1) is 0 Å². The van der Waals surface area contributed by atoms with Gasteiger partial charge in [0.05, 0.1) is 5.56 Å². The summed E-state index contributed by atoms with van der Waals surface area (Å²) in [6.07, 6.45) is -4.40. The van der Waals surface area contributed by atoms with Crippen LogP contribution in [0.1, 0.15) is 5.56 Å². The number of benzene rings is 3. The summed E-state index contributed by atoms with van der Waals surface area (Å²) in [7, 11) is 0. The minimum absolute atomic E-state index is 0.279. The fourth-order valence-corrected chi connectivity index (χ4v) is 2.30. The van der Waals surface area contributed by atoms with Crippen molar-refractivity contribution in [3.8, 4) is 0 Å². The molecule has 0 atom stereocenters. The van der Waals surface area contributed by atoms with Gasteiger partial charge in [0.25, 0.3) is 0 Å². The molecule has 0 aliphatic carbocycles. The first-order valence-corrected chi connectivity index (χ1v) is 7.16. The third-order valence-electron chi connectivity index (χ3n) is 3.48. The molecule has 0 radical (unpaired) electrons. The van der Waals surface area contributed by atoms with E-state index in [9.17, 15) is 18.0 Å². The molecule has 24 heavy (non-hydrogen) atoms. The van der Waals surface area contributed by atoms with Crippen LogP contribution in [0.5, 0.6) is 0 Å². The third-order valence-corrected chi connectivity index (χ3v) is 3.48. The van der Waals surface area contributed by atoms with Gasteiger partial charge < -0.3 is 10.6 Å². The van der Waals surface area contributed by atoms with E-state index in [-0.39, 0.29) is 5.69 Å². The molecule has 0 saturated carbocycles. The third kappa shape index (κ3) is 3.65. The highest BCUT2D eigenvalue weighted by atomic mass is 19.4. The fourth-order valence-electron chi connectivity index (χ4n) is 2.30. The monoisotopic (exact) mass is 330 g/mol. The molecule has 0 heterocycles. The van der Waals surface area contributed by atoms with E-state index in [0.29, 0.717) is 5.69 Å². The highest BCUT2D eigenvalue weighted by Gasteiger charge is 2.29. The minimum atomic E-state index is -4.40. The number of halogens is 3. The lowest BCUT2D eigenvalue weighted by atomic mass is 10.1. The molecule has 0 aromatic heterocycles. The number of carbonyl (C=O) groups is 1. The molecule has 0 unspecified atom stereocenters. The summed E-state index contributed by atoms with van der Waals surface area (Å²) in [5.74, 6) is 0. The number of alkyl halides is 3. The summed E-state index contributed by atoms with van der Waals surface area (Å²) in [5, 5.41) is 7.18. The Balaban J connectivity index is 1.68. The van der Waals surface area contributed by atoms with Crippen LogP contribution in [-0.4, -0.2) is 6.03 Å². The van der Waals surface area contributed by atoms with Gasteiger partial charge in [-0.05, 0) is 47.2 Å². The van der Waals surface area contributed by atoms with Crippen molar-refractivity contribution in [2.45, 2.75) is 6.18 Å². The van der Waals surface area contributed by atoms with Gasteiger partial charge in [-0.15, -0.1) is 0 Å². The van der Waals surface area contributed by atoms with Crippen molar-refractivity contribution in [2.75, 3.05) is 10.6 Å². The van der Waals surface area contributed by atoms with Gasteiger partial charge in [-0.25, -0.2) is 4.79 Å². The second-order valence-electron chi connectivity index (χ2n) is 5.22. The van der Waals surface area contributed by atoms with Crippen LogP contribution in [0.3, 0.4) is 0 Å². The lowest BCUT2D eigenvalue weighted by Crippen LogP contribution is -2.19. The first-order valence-electron chi connectivity index (χ1n) is 7.16.